The molecular weight excluding hydrogens is 355 g/mol. The number of primary amides is 1. The lowest BCUT2D eigenvalue weighted by Gasteiger charge is -2.11. The van der Waals surface area contributed by atoms with Gasteiger partial charge in [0.1, 0.15) is 0 Å². The molecule has 9 heteroatoms. The van der Waals surface area contributed by atoms with Crippen LogP contribution in [0.25, 0.3) is 0 Å². The fourth-order valence-electron chi connectivity index (χ4n) is 1.87. The summed E-state index contributed by atoms with van der Waals surface area (Å²) in [7, 11) is 0. The van der Waals surface area contributed by atoms with Crippen LogP contribution in [-0.2, 0) is 6.18 Å². The molecule has 4 N–H and O–H groups in total. The van der Waals surface area contributed by atoms with Gasteiger partial charge in [-0.3, -0.25) is 14.9 Å². The van der Waals surface area contributed by atoms with E-state index in [2.05, 4.69) is 10.6 Å². The van der Waals surface area contributed by atoms with Crippen molar-refractivity contribution in [3.05, 3.63) is 65.2 Å². The number of thiocarbonyl (C=S) groups is 1. The summed E-state index contributed by atoms with van der Waals surface area (Å²) in [5.41, 5.74) is 5.11. The predicted molar refractivity (Wildman–Crippen MR) is 90.1 cm³/mol. The van der Waals surface area contributed by atoms with Gasteiger partial charge in [-0.25, -0.2) is 0 Å². The number of alkyl halides is 3. The Balaban J connectivity index is 1.97. The van der Waals surface area contributed by atoms with Crippen molar-refractivity contribution in [3.8, 4) is 0 Å². The topological polar surface area (TPSA) is 84.2 Å². The van der Waals surface area contributed by atoms with Crippen LogP contribution in [0.1, 0.15) is 26.3 Å². The van der Waals surface area contributed by atoms with Crippen molar-refractivity contribution in [2.24, 2.45) is 5.73 Å². The fourth-order valence-corrected chi connectivity index (χ4v) is 2.08. The molecule has 2 aromatic rings. The standard InChI is InChI=1S/C16H12F3N3O2S/c17-16(18,19)11-5-1-10(2-6-11)14(24)22-15(25)21-12-7-3-9(4-8-12)13(20)23/h1-8H,(H2,20,23)(H2,21,22,24,25). The van der Waals surface area contributed by atoms with Gasteiger partial charge in [-0.2, -0.15) is 13.2 Å². The van der Waals surface area contributed by atoms with E-state index in [0.29, 0.717) is 11.3 Å². The van der Waals surface area contributed by atoms with Gasteiger partial charge in [0.05, 0.1) is 5.56 Å². The van der Waals surface area contributed by atoms with Crippen LogP contribution in [0.4, 0.5) is 18.9 Å². The SMILES string of the molecule is NC(=O)c1ccc(NC(=S)NC(=O)c2ccc(C(F)(F)F)cc2)cc1. The van der Waals surface area contributed by atoms with Crippen molar-refractivity contribution in [2.75, 3.05) is 5.32 Å². The second-order valence-electron chi connectivity index (χ2n) is 4.92. The highest BCUT2D eigenvalue weighted by Crippen LogP contribution is 2.29. The molecule has 2 aromatic carbocycles. The van der Waals surface area contributed by atoms with Crippen LogP contribution in [0, 0.1) is 0 Å². The van der Waals surface area contributed by atoms with E-state index in [4.69, 9.17) is 18.0 Å². The average molecular weight is 367 g/mol. The summed E-state index contributed by atoms with van der Waals surface area (Å²) in [5, 5.41) is 5.02. The summed E-state index contributed by atoms with van der Waals surface area (Å²) in [6.07, 6.45) is -4.47. The maximum absolute atomic E-state index is 12.5. The molecule has 0 aromatic heterocycles. The number of carbonyl (C=O) groups excluding carboxylic acids is 2. The molecule has 0 unspecified atom stereocenters. The number of carbonyl (C=O) groups is 2. The minimum absolute atomic E-state index is 0.0289. The molecule has 0 aliphatic heterocycles. The molecule has 2 amide bonds. The van der Waals surface area contributed by atoms with Gasteiger partial charge in [0.2, 0.25) is 5.91 Å². The van der Waals surface area contributed by atoms with Crippen molar-refractivity contribution in [1.29, 1.82) is 0 Å². The highest BCUT2D eigenvalue weighted by atomic mass is 32.1. The molecule has 0 saturated carbocycles. The van der Waals surface area contributed by atoms with Crippen molar-refractivity contribution in [1.82, 2.24) is 5.32 Å². The molecule has 0 bridgehead atoms. The molecule has 0 saturated heterocycles. The Hall–Kier alpha value is -2.94. The molecule has 25 heavy (non-hydrogen) atoms. The third-order valence-corrected chi connectivity index (χ3v) is 3.33. The smallest absolute Gasteiger partial charge is 0.366 e. The summed E-state index contributed by atoms with van der Waals surface area (Å²) >= 11 is 4.97. The molecule has 0 fully saturated rings. The third kappa shape index (κ3) is 5.01. The first-order valence-corrected chi connectivity index (χ1v) is 7.27. The van der Waals surface area contributed by atoms with E-state index in [1.165, 1.54) is 24.3 Å². The third-order valence-electron chi connectivity index (χ3n) is 3.13. The van der Waals surface area contributed by atoms with Gasteiger partial charge in [-0.1, -0.05) is 0 Å². The maximum Gasteiger partial charge on any atom is 0.416 e. The number of nitrogens with one attached hydrogen (secondary N) is 2. The Kier molecular flexibility index (Phi) is 5.38. The number of benzene rings is 2. The maximum atomic E-state index is 12.5. The van der Waals surface area contributed by atoms with Gasteiger partial charge in [-0.05, 0) is 60.7 Å². The Morgan fingerprint density at radius 2 is 1.44 bits per heavy atom. The van der Waals surface area contributed by atoms with E-state index in [0.717, 1.165) is 24.3 Å². The fraction of sp³-hybridized carbons (Fsp3) is 0.0625. The average Bonchev–Trinajstić information content (AvgIpc) is 2.54. The van der Waals surface area contributed by atoms with Crippen molar-refractivity contribution in [3.63, 3.8) is 0 Å². The normalized spacial score (nSPS) is 10.8. The molecule has 130 valence electrons. The molecule has 0 aliphatic rings. The highest BCUT2D eigenvalue weighted by molar-refractivity contribution is 7.80. The Morgan fingerprint density at radius 3 is 1.92 bits per heavy atom. The second kappa shape index (κ2) is 7.31. The minimum atomic E-state index is -4.47. The number of amides is 2. The van der Waals surface area contributed by atoms with Gasteiger partial charge >= 0.3 is 6.18 Å². The zero-order valence-corrected chi connectivity index (χ0v) is 13.4. The zero-order valence-electron chi connectivity index (χ0n) is 12.6. The Morgan fingerprint density at radius 1 is 0.920 bits per heavy atom. The van der Waals surface area contributed by atoms with Gasteiger partial charge in [0.15, 0.2) is 5.11 Å². The molecule has 0 radical (unpaired) electrons. The number of halogens is 3. The summed E-state index contributed by atoms with van der Waals surface area (Å²) in [6.45, 7) is 0. The van der Waals surface area contributed by atoms with E-state index in [1.807, 2.05) is 0 Å². The lowest BCUT2D eigenvalue weighted by molar-refractivity contribution is -0.137. The monoisotopic (exact) mass is 367 g/mol. The van der Waals surface area contributed by atoms with E-state index in [-0.39, 0.29) is 10.7 Å². The first-order chi connectivity index (χ1) is 11.7. The van der Waals surface area contributed by atoms with Crippen LogP contribution >= 0.6 is 12.2 Å². The minimum Gasteiger partial charge on any atom is -0.366 e. The van der Waals surface area contributed by atoms with Gasteiger partial charge in [0, 0.05) is 16.8 Å². The zero-order chi connectivity index (χ0) is 18.6. The Bertz CT molecular complexity index is 803. The lowest BCUT2D eigenvalue weighted by Crippen LogP contribution is -2.34. The van der Waals surface area contributed by atoms with Crippen molar-refractivity contribution < 1.29 is 22.8 Å². The largest absolute Gasteiger partial charge is 0.416 e. The predicted octanol–water partition coefficient (Wildman–Crippen LogP) is 2.93. The van der Waals surface area contributed by atoms with Gasteiger partial charge in [-0.15, -0.1) is 0 Å². The second-order valence-corrected chi connectivity index (χ2v) is 5.33. The van der Waals surface area contributed by atoms with E-state index in [1.54, 1.807) is 0 Å². The highest BCUT2D eigenvalue weighted by Gasteiger charge is 2.30. The number of anilines is 1. The molecule has 0 aliphatic carbocycles. The van der Waals surface area contributed by atoms with Gasteiger partial charge in [0.25, 0.3) is 5.91 Å². The number of nitrogens with two attached hydrogens (primary N) is 1. The summed E-state index contributed by atoms with van der Waals surface area (Å²) in [6, 6.07) is 9.77. The molecular formula is C16H12F3N3O2S. The molecule has 5 nitrogen and oxygen atoms in total. The van der Waals surface area contributed by atoms with Crippen LogP contribution in [0.2, 0.25) is 0 Å². The first kappa shape index (κ1) is 18.4. The molecule has 0 atom stereocenters. The van der Waals surface area contributed by atoms with E-state index < -0.39 is 23.6 Å². The first-order valence-electron chi connectivity index (χ1n) is 6.86. The van der Waals surface area contributed by atoms with Crippen LogP contribution in [0.3, 0.4) is 0 Å². The van der Waals surface area contributed by atoms with Crippen LogP contribution in [-0.4, -0.2) is 16.9 Å². The quantitative estimate of drug-likeness (QED) is 0.729. The lowest BCUT2D eigenvalue weighted by atomic mass is 10.1. The summed E-state index contributed by atoms with van der Waals surface area (Å²) in [4.78, 5) is 22.9. The molecule has 0 spiro atoms. The van der Waals surface area contributed by atoms with E-state index >= 15 is 0 Å². The van der Waals surface area contributed by atoms with E-state index in [9.17, 15) is 22.8 Å². The molecule has 2 rings (SSSR count). The number of hydrogen-bond acceptors (Lipinski definition) is 3. The molecule has 0 heterocycles. The van der Waals surface area contributed by atoms with Crippen molar-refractivity contribution in [2.45, 2.75) is 6.18 Å². The van der Waals surface area contributed by atoms with Gasteiger partial charge < -0.3 is 11.1 Å². The Labute approximate surface area is 146 Å². The number of rotatable bonds is 3. The van der Waals surface area contributed by atoms with Crippen molar-refractivity contribution >= 4 is 34.8 Å². The van der Waals surface area contributed by atoms with Crippen LogP contribution in [0.15, 0.2) is 48.5 Å². The summed E-state index contributed by atoms with van der Waals surface area (Å²) < 4.78 is 37.5. The summed E-state index contributed by atoms with van der Waals surface area (Å²) in [5.74, 6) is -1.23. The number of hydrogen-bond donors (Lipinski definition) is 3. The van der Waals surface area contributed by atoms with Crippen LogP contribution in [0.5, 0.6) is 0 Å². The van der Waals surface area contributed by atoms with Crippen LogP contribution < -0.4 is 16.4 Å².